The van der Waals surface area contributed by atoms with Crippen molar-refractivity contribution in [2.45, 2.75) is 69.2 Å². The van der Waals surface area contributed by atoms with Gasteiger partial charge in [-0.2, -0.15) is 0 Å². The molecular weight excluding hydrogens is 386 g/mol. The van der Waals surface area contributed by atoms with Crippen LogP contribution in [0.1, 0.15) is 50.5 Å². The first-order valence-electron chi connectivity index (χ1n) is 10.6. The molecule has 3 rings (SSSR count). The summed E-state index contributed by atoms with van der Waals surface area (Å²) in [5.74, 6) is -2.36. The molecule has 1 aliphatic heterocycles. The predicted octanol–water partition coefficient (Wildman–Crippen LogP) is 1.41. The molecule has 1 aliphatic carbocycles. The van der Waals surface area contributed by atoms with E-state index in [1.54, 1.807) is 0 Å². The number of nitrogens with two attached hydrogens (primary N) is 2. The molecule has 1 unspecified atom stereocenters. The van der Waals surface area contributed by atoms with Crippen molar-refractivity contribution in [1.29, 1.82) is 0 Å². The second-order valence-electron chi connectivity index (χ2n) is 8.26. The SMILES string of the molecule is NCCCCC(N)C(=O)N1[C@H](C(=O)O)C[C@@H]2CCC[C@@]21C(=O)OCc1ccccc1. The minimum atomic E-state index is -1.25. The summed E-state index contributed by atoms with van der Waals surface area (Å²) in [7, 11) is 0. The van der Waals surface area contributed by atoms with Crippen LogP contribution in [0.2, 0.25) is 0 Å². The van der Waals surface area contributed by atoms with Gasteiger partial charge >= 0.3 is 11.9 Å². The smallest absolute Gasteiger partial charge is 0.332 e. The standard InChI is InChI=1S/C22H31N3O5/c23-12-5-4-10-17(24)19(26)25-18(20(27)28)13-16-9-6-11-22(16,25)21(29)30-14-15-7-2-1-3-8-15/h1-3,7-8,16-18H,4-6,9-14,23-24H2,(H,27,28)/t16-,17?,18-,22-/m0/s1. The van der Waals surface area contributed by atoms with Crippen LogP contribution in [0.3, 0.4) is 0 Å². The first-order valence-corrected chi connectivity index (χ1v) is 10.6. The van der Waals surface area contributed by atoms with E-state index in [1.165, 1.54) is 4.90 Å². The second-order valence-corrected chi connectivity index (χ2v) is 8.26. The van der Waals surface area contributed by atoms with Crippen LogP contribution < -0.4 is 11.5 Å². The quantitative estimate of drug-likeness (QED) is 0.408. The summed E-state index contributed by atoms with van der Waals surface area (Å²) < 4.78 is 5.62. The van der Waals surface area contributed by atoms with E-state index < -0.39 is 35.5 Å². The molecule has 0 aromatic heterocycles. The van der Waals surface area contributed by atoms with E-state index in [4.69, 9.17) is 16.2 Å². The fourth-order valence-corrected chi connectivity index (χ4v) is 4.93. The van der Waals surface area contributed by atoms with E-state index in [2.05, 4.69) is 0 Å². The highest BCUT2D eigenvalue weighted by atomic mass is 16.5. The summed E-state index contributed by atoms with van der Waals surface area (Å²) in [5, 5.41) is 9.78. The summed E-state index contributed by atoms with van der Waals surface area (Å²) in [6.07, 6.45) is 3.88. The molecule has 4 atom stereocenters. The number of carboxylic acid groups (broad SMARTS) is 1. The molecule has 1 aromatic carbocycles. The molecular formula is C22H31N3O5. The van der Waals surface area contributed by atoms with Gasteiger partial charge in [0.1, 0.15) is 18.2 Å². The lowest BCUT2D eigenvalue weighted by molar-refractivity contribution is -0.169. The number of rotatable bonds is 9. The number of esters is 1. The number of ether oxygens (including phenoxy) is 1. The predicted molar refractivity (Wildman–Crippen MR) is 110 cm³/mol. The van der Waals surface area contributed by atoms with Crippen molar-refractivity contribution in [2.75, 3.05) is 6.54 Å². The molecule has 0 spiro atoms. The summed E-state index contributed by atoms with van der Waals surface area (Å²) in [6.45, 7) is 0.580. The minimum absolute atomic E-state index is 0.0798. The number of hydrogen-bond acceptors (Lipinski definition) is 6. The molecule has 0 radical (unpaired) electrons. The monoisotopic (exact) mass is 417 g/mol. The first kappa shape index (κ1) is 22.2. The normalized spacial score (nSPS) is 26.3. The zero-order chi connectivity index (χ0) is 21.7. The Bertz CT molecular complexity index is 771. The van der Waals surface area contributed by atoms with E-state index in [0.29, 0.717) is 32.2 Å². The van der Waals surface area contributed by atoms with Crippen LogP contribution in [0.15, 0.2) is 30.3 Å². The van der Waals surface area contributed by atoms with Crippen molar-refractivity contribution >= 4 is 17.8 Å². The highest BCUT2D eigenvalue weighted by Gasteiger charge is 2.64. The molecule has 1 saturated carbocycles. The summed E-state index contributed by atoms with van der Waals surface area (Å²) in [4.78, 5) is 39.8. The van der Waals surface area contributed by atoms with E-state index in [1.807, 2.05) is 30.3 Å². The highest BCUT2D eigenvalue weighted by molar-refractivity contribution is 5.95. The molecule has 5 N–H and O–H groups in total. The topological polar surface area (TPSA) is 136 Å². The van der Waals surface area contributed by atoms with Crippen molar-refractivity contribution < 1.29 is 24.2 Å². The second kappa shape index (κ2) is 9.57. The maximum Gasteiger partial charge on any atom is 0.332 e. The lowest BCUT2D eigenvalue weighted by Crippen LogP contribution is -2.61. The van der Waals surface area contributed by atoms with Crippen LogP contribution in [-0.2, 0) is 25.7 Å². The van der Waals surface area contributed by atoms with Gasteiger partial charge in [0.25, 0.3) is 0 Å². The van der Waals surface area contributed by atoms with Crippen molar-refractivity contribution in [3.8, 4) is 0 Å². The van der Waals surface area contributed by atoms with Crippen LogP contribution in [-0.4, -0.2) is 52.0 Å². The molecule has 8 heteroatoms. The number of aliphatic carboxylic acids is 1. The van der Waals surface area contributed by atoms with Gasteiger partial charge in [-0.3, -0.25) is 4.79 Å². The van der Waals surface area contributed by atoms with E-state index in [9.17, 15) is 19.5 Å². The average Bonchev–Trinajstić information content (AvgIpc) is 3.29. The van der Waals surface area contributed by atoms with Gasteiger partial charge < -0.3 is 26.2 Å². The number of nitrogens with zero attached hydrogens (tertiary/aromatic N) is 1. The van der Waals surface area contributed by atoms with Crippen molar-refractivity contribution in [1.82, 2.24) is 4.90 Å². The number of fused-ring (bicyclic) bond motifs is 1. The summed E-state index contributed by atoms with van der Waals surface area (Å²) in [6, 6.07) is 7.35. The summed E-state index contributed by atoms with van der Waals surface area (Å²) >= 11 is 0. The number of benzene rings is 1. The lowest BCUT2D eigenvalue weighted by Gasteiger charge is -2.39. The molecule has 1 aromatic rings. The summed E-state index contributed by atoms with van der Waals surface area (Å²) in [5.41, 5.74) is 11.2. The fraction of sp³-hybridized carbons (Fsp3) is 0.591. The van der Waals surface area contributed by atoms with Gasteiger partial charge in [-0.1, -0.05) is 43.2 Å². The van der Waals surface area contributed by atoms with Gasteiger partial charge in [-0.05, 0) is 50.1 Å². The molecule has 2 aliphatic rings. The maximum atomic E-state index is 13.3. The Morgan fingerprint density at radius 1 is 1.23 bits per heavy atom. The molecule has 8 nitrogen and oxygen atoms in total. The number of amides is 1. The Kier molecular flexibility index (Phi) is 7.10. The van der Waals surface area contributed by atoms with E-state index in [-0.39, 0.29) is 18.9 Å². The van der Waals surface area contributed by atoms with Crippen molar-refractivity contribution in [2.24, 2.45) is 17.4 Å². The molecule has 164 valence electrons. The third-order valence-corrected chi connectivity index (χ3v) is 6.41. The van der Waals surface area contributed by atoms with Gasteiger partial charge in [0, 0.05) is 0 Å². The Morgan fingerprint density at radius 2 is 1.97 bits per heavy atom. The van der Waals surface area contributed by atoms with Crippen LogP contribution >= 0.6 is 0 Å². The molecule has 1 saturated heterocycles. The third kappa shape index (κ3) is 4.20. The van der Waals surface area contributed by atoms with Crippen LogP contribution in [0.25, 0.3) is 0 Å². The molecule has 1 amide bonds. The number of unbranched alkanes of at least 4 members (excludes halogenated alkanes) is 1. The van der Waals surface area contributed by atoms with Gasteiger partial charge in [-0.15, -0.1) is 0 Å². The van der Waals surface area contributed by atoms with E-state index in [0.717, 1.165) is 18.4 Å². The van der Waals surface area contributed by atoms with Gasteiger partial charge in [-0.25, -0.2) is 9.59 Å². The maximum absolute atomic E-state index is 13.3. The Hall–Kier alpha value is -2.45. The Labute approximate surface area is 176 Å². The Balaban J connectivity index is 1.84. The number of carbonyl (C=O) groups is 3. The van der Waals surface area contributed by atoms with Crippen LogP contribution in [0, 0.1) is 5.92 Å². The van der Waals surface area contributed by atoms with Crippen LogP contribution in [0.5, 0.6) is 0 Å². The number of hydrogen-bond donors (Lipinski definition) is 3. The molecule has 30 heavy (non-hydrogen) atoms. The first-order chi connectivity index (χ1) is 14.4. The van der Waals surface area contributed by atoms with Crippen molar-refractivity contribution in [3.63, 3.8) is 0 Å². The third-order valence-electron chi connectivity index (χ3n) is 6.41. The number of carbonyl (C=O) groups excluding carboxylic acids is 2. The zero-order valence-corrected chi connectivity index (χ0v) is 17.2. The van der Waals surface area contributed by atoms with Gasteiger partial charge in [0.15, 0.2) is 0 Å². The Morgan fingerprint density at radius 3 is 2.63 bits per heavy atom. The zero-order valence-electron chi connectivity index (χ0n) is 17.2. The van der Waals surface area contributed by atoms with Gasteiger partial charge in [0.2, 0.25) is 5.91 Å². The number of carboxylic acids is 1. The van der Waals surface area contributed by atoms with Crippen LogP contribution in [0.4, 0.5) is 0 Å². The largest absolute Gasteiger partial charge is 0.480 e. The highest BCUT2D eigenvalue weighted by Crippen LogP contribution is 2.51. The molecule has 1 heterocycles. The number of likely N-dealkylation sites (tertiary alicyclic amines) is 1. The lowest BCUT2D eigenvalue weighted by atomic mass is 9.87. The fourth-order valence-electron chi connectivity index (χ4n) is 4.93. The van der Waals surface area contributed by atoms with Gasteiger partial charge in [0.05, 0.1) is 6.04 Å². The van der Waals surface area contributed by atoms with Crippen molar-refractivity contribution in [3.05, 3.63) is 35.9 Å². The minimum Gasteiger partial charge on any atom is -0.480 e. The van der Waals surface area contributed by atoms with E-state index >= 15 is 0 Å². The average molecular weight is 418 g/mol. The molecule has 2 fully saturated rings. The molecule has 0 bridgehead atoms.